The van der Waals surface area contributed by atoms with Gasteiger partial charge < -0.3 is 14.7 Å². The second-order valence-corrected chi connectivity index (χ2v) is 6.83. The zero-order chi connectivity index (χ0) is 18.7. The van der Waals surface area contributed by atoms with Gasteiger partial charge in [-0.1, -0.05) is 41.9 Å². The van der Waals surface area contributed by atoms with E-state index in [9.17, 15) is 9.59 Å². The van der Waals surface area contributed by atoms with Crippen molar-refractivity contribution in [3.8, 4) is 0 Å². The van der Waals surface area contributed by atoms with Gasteiger partial charge in [0.15, 0.2) is 0 Å². The Balaban J connectivity index is 1.74. The van der Waals surface area contributed by atoms with Crippen molar-refractivity contribution in [2.24, 2.45) is 0 Å². The number of morpholine rings is 1. The van der Waals surface area contributed by atoms with Crippen LogP contribution in [0.25, 0.3) is 0 Å². The van der Waals surface area contributed by atoms with Gasteiger partial charge in [-0.25, -0.2) is 4.79 Å². The van der Waals surface area contributed by atoms with Crippen molar-refractivity contribution >= 4 is 23.5 Å². The van der Waals surface area contributed by atoms with Crippen LogP contribution in [0.2, 0.25) is 5.02 Å². The van der Waals surface area contributed by atoms with Crippen LogP contribution in [0.3, 0.4) is 0 Å². The van der Waals surface area contributed by atoms with E-state index in [4.69, 9.17) is 21.4 Å². The summed E-state index contributed by atoms with van der Waals surface area (Å²) in [6.45, 7) is 2.79. The number of carboxylic acids is 1. The minimum absolute atomic E-state index is 0.0519. The third-order valence-corrected chi connectivity index (χ3v) is 4.88. The summed E-state index contributed by atoms with van der Waals surface area (Å²) in [5.74, 6) is -1.06. The number of carbonyl (C=O) groups is 2. The number of rotatable bonds is 4. The summed E-state index contributed by atoms with van der Waals surface area (Å²) in [6, 6.07) is 13.9. The summed E-state index contributed by atoms with van der Waals surface area (Å²) in [5.41, 5.74) is 1.73. The molecule has 0 radical (unpaired) electrons. The van der Waals surface area contributed by atoms with Gasteiger partial charge in [0.05, 0.1) is 31.2 Å². The van der Waals surface area contributed by atoms with Gasteiger partial charge in [-0.2, -0.15) is 0 Å². The average molecular weight is 374 g/mol. The number of carbonyl (C=O) groups excluding carboxylic acids is 1. The standard InChI is InChI=1S/C20H20ClNO4/c1-13-12-26-18(16-7-2-3-8-17(16)21)11-22(13)19(23)10-14-5-4-6-15(9-14)20(24)25/h2-9,13,18H,10-12H2,1H3,(H,24,25). The minimum Gasteiger partial charge on any atom is -0.478 e. The van der Waals surface area contributed by atoms with Crippen LogP contribution in [-0.2, 0) is 16.0 Å². The van der Waals surface area contributed by atoms with Gasteiger partial charge in [-0.05, 0) is 30.7 Å². The Kier molecular flexibility index (Phi) is 5.59. The summed E-state index contributed by atoms with van der Waals surface area (Å²) in [6.07, 6.45) is -0.116. The van der Waals surface area contributed by atoms with Crippen molar-refractivity contribution in [2.45, 2.75) is 25.5 Å². The van der Waals surface area contributed by atoms with Crippen molar-refractivity contribution in [3.05, 3.63) is 70.2 Å². The smallest absolute Gasteiger partial charge is 0.335 e. The number of aromatic carboxylic acids is 1. The fraction of sp³-hybridized carbons (Fsp3) is 0.300. The lowest BCUT2D eigenvalue weighted by atomic mass is 10.0. The van der Waals surface area contributed by atoms with E-state index in [0.29, 0.717) is 23.7 Å². The van der Waals surface area contributed by atoms with Crippen molar-refractivity contribution in [3.63, 3.8) is 0 Å². The van der Waals surface area contributed by atoms with E-state index in [0.717, 1.165) is 5.56 Å². The highest BCUT2D eigenvalue weighted by Gasteiger charge is 2.31. The second-order valence-electron chi connectivity index (χ2n) is 6.42. The molecule has 3 rings (SSSR count). The maximum atomic E-state index is 12.8. The summed E-state index contributed by atoms with van der Waals surface area (Å²) in [4.78, 5) is 25.7. The molecule has 1 aliphatic heterocycles. The molecule has 2 aromatic rings. The van der Waals surface area contributed by atoms with Gasteiger partial charge >= 0.3 is 5.97 Å². The Morgan fingerprint density at radius 2 is 2.00 bits per heavy atom. The van der Waals surface area contributed by atoms with E-state index in [1.807, 2.05) is 31.2 Å². The lowest BCUT2D eigenvalue weighted by Crippen LogP contribution is -2.48. The quantitative estimate of drug-likeness (QED) is 0.889. The molecule has 0 spiro atoms. The predicted molar refractivity (Wildman–Crippen MR) is 98.4 cm³/mol. The Morgan fingerprint density at radius 3 is 2.73 bits per heavy atom. The zero-order valence-electron chi connectivity index (χ0n) is 14.4. The minimum atomic E-state index is -1.00. The first-order valence-corrected chi connectivity index (χ1v) is 8.81. The topological polar surface area (TPSA) is 66.8 Å². The van der Waals surface area contributed by atoms with Crippen molar-refractivity contribution < 1.29 is 19.4 Å². The maximum absolute atomic E-state index is 12.8. The van der Waals surface area contributed by atoms with Crippen molar-refractivity contribution in [2.75, 3.05) is 13.2 Å². The second kappa shape index (κ2) is 7.89. The number of ether oxygens (including phenoxy) is 1. The normalized spacial score (nSPS) is 20.0. The molecule has 1 saturated heterocycles. The van der Waals surface area contributed by atoms with Gasteiger partial charge in [0.1, 0.15) is 6.10 Å². The Labute approximate surface area is 157 Å². The molecule has 1 amide bonds. The molecule has 0 aliphatic carbocycles. The molecule has 2 unspecified atom stereocenters. The van der Waals surface area contributed by atoms with E-state index >= 15 is 0 Å². The van der Waals surface area contributed by atoms with Gasteiger partial charge in [0.25, 0.3) is 0 Å². The van der Waals surface area contributed by atoms with E-state index in [1.54, 1.807) is 17.0 Å². The van der Waals surface area contributed by atoms with E-state index in [2.05, 4.69) is 0 Å². The molecular formula is C20H20ClNO4. The molecule has 1 heterocycles. The molecule has 0 saturated carbocycles. The maximum Gasteiger partial charge on any atom is 0.335 e. The average Bonchev–Trinajstić information content (AvgIpc) is 2.63. The van der Waals surface area contributed by atoms with Crippen molar-refractivity contribution in [1.82, 2.24) is 4.90 Å². The number of nitrogens with zero attached hydrogens (tertiary/aromatic N) is 1. The van der Waals surface area contributed by atoms with Crippen LogP contribution >= 0.6 is 11.6 Å². The van der Waals surface area contributed by atoms with Crippen LogP contribution in [0.1, 0.15) is 34.5 Å². The molecule has 26 heavy (non-hydrogen) atoms. The first kappa shape index (κ1) is 18.4. The first-order chi connectivity index (χ1) is 12.5. The van der Waals surface area contributed by atoms with Gasteiger partial charge in [0.2, 0.25) is 5.91 Å². The highest BCUT2D eigenvalue weighted by Crippen LogP contribution is 2.30. The van der Waals surface area contributed by atoms with Crippen LogP contribution in [-0.4, -0.2) is 41.1 Å². The number of hydrogen-bond acceptors (Lipinski definition) is 3. The molecule has 2 aromatic carbocycles. The molecule has 6 heteroatoms. The molecule has 1 N–H and O–H groups in total. The van der Waals surface area contributed by atoms with Crippen LogP contribution in [0, 0.1) is 0 Å². The van der Waals surface area contributed by atoms with Gasteiger partial charge in [-0.3, -0.25) is 4.79 Å². The molecule has 136 valence electrons. The largest absolute Gasteiger partial charge is 0.478 e. The lowest BCUT2D eigenvalue weighted by molar-refractivity contribution is -0.143. The van der Waals surface area contributed by atoms with Crippen LogP contribution < -0.4 is 0 Å². The molecule has 5 nitrogen and oxygen atoms in total. The molecular weight excluding hydrogens is 354 g/mol. The Morgan fingerprint density at radius 1 is 1.23 bits per heavy atom. The Hall–Kier alpha value is -2.37. The molecule has 1 fully saturated rings. The zero-order valence-corrected chi connectivity index (χ0v) is 15.1. The lowest BCUT2D eigenvalue weighted by Gasteiger charge is -2.38. The third-order valence-electron chi connectivity index (χ3n) is 4.53. The number of amides is 1. The fourth-order valence-electron chi connectivity index (χ4n) is 3.12. The van der Waals surface area contributed by atoms with Crippen molar-refractivity contribution in [1.29, 1.82) is 0 Å². The highest BCUT2D eigenvalue weighted by molar-refractivity contribution is 6.31. The van der Waals surface area contributed by atoms with Crippen LogP contribution in [0.15, 0.2) is 48.5 Å². The predicted octanol–water partition coefficient (Wildman–Crippen LogP) is 3.57. The van der Waals surface area contributed by atoms with E-state index < -0.39 is 5.97 Å². The third kappa shape index (κ3) is 4.06. The van der Waals surface area contributed by atoms with E-state index in [-0.39, 0.29) is 30.0 Å². The van der Waals surface area contributed by atoms with Gasteiger partial charge in [-0.15, -0.1) is 0 Å². The molecule has 2 atom stereocenters. The number of carboxylic acid groups (broad SMARTS) is 1. The van der Waals surface area contributed by atoms with Crippen LogP contribution in [0.4, 0.5) is 0 Å². The number of hydrogen-bond donors (Lipinski definition) is 1. The summed E-state index contributed by atoms with van der Waals surface area (Å²) in [5, 5.41) is 9.72. The van der Waals surface area contributed by atoms with Crippen LogP contribution in [0.5, 0.6) is 0 Å². The van der Waals surface area contributed by atoms with Gasteiger partial charge in [0, 0.05) is 10.6 Å². The molecule has 0 aromatic heterocycles. The number of benzene rings is 2. The SMILES string of the molecule is CC1COC(c2ccccc2Cl)CN1C(=O)Cc1cccc(C(=O)O)c1. The summed E-state index contributed by atoms with van der Waals surface area (Å²) in [7, 11) is 0. The fourth-order valence-corrected chi connectivity index (χ4v) is 3.38. The summed E-state index contributed by atoms with van der Waals surface area (Å²) >= 11 is 6.26. The number of halogens is 1. The summed E-state index contributed by atoms with van der Waals surface area (Å²) < 4.78 is 5.88. The molecule has 1 aliphatic rings. The Bertz CT molecular complexity index is 823. The molecule has 0 bridgehead atoms. The monoisotopic (exact) mass is 373 g/mol. The highest BCUT2D eigenvalue weighted by atomic mass is 35.5. The first-order valence-electron chi connectivity index (χ1n) is 8.43. The van der Waals surface area contributed by atoms with E-state index in [1.165, 1.54) is 12.1 Å².